The molecule has 0 N–H and O–H groups in total. The fourth-order valence-corrected chi connectivity index (χ4v) is 0.952. The molecule has 0 heterocycles. The van der Waals surface area contributed by atoms with Gasteiger partial charge >= 0.3 is 0 Å². The van der Waals surface area contributed by atoms with E-state index in [9.17, 15) is 5.11 Å². The Hall–Kier alpha value is -1.44. The second kappa shape index (κ2) is 4.55. The Morgan fingerprint density at radius 1 is 1.31 bits per heavy atom. The lowest BCUT2D eigenvalue weighted by molar-refractivity contribution is -0.359. The third-order valence-corrected chi connectivity index (χ3v) is 1.44. The van der Waals surface area contributed by atoms with Crippen LogP contribution < -0.4 is 5.11 Å². The molecule has 0 spiro atoms. The number of benzene rings is 1. The van der Waals surface area contributed by atoms with Crippen LogP contribution in [-0.4, -0.2) is 6.10 Å². The zero-order valence-electron chi connectivity index (χ0n) is 7.86. The second-order valence-electron chi connectivity index (χ2n) is 3.04. The summed E-state index contributed by atoms with van der Waals surface area (Å²) in [5.41, 5.74) is 0.869. The first-order valence-electron chi connectivity index (χ1n) is 4.29. The van der Waals surface area contributed by atoms with Crippen LogP contribution in [0.15, 0.2) is 36.3 Å². The van der Waals surface area contributed by atoms with Gasteiger partial charge in [-0.3, -0.25) is 0 Å². The molecule has 0 fully saturated rings. The van der Waals surface area contributed by atoms with Gasteiger partial charge in [0.2, 0.25) is 0 Å². The lowest BCUT2D eigenvalue weighted by atomic mass is 10.2. The molecule has 2 nitrogen and oxygen atoms in total. The normalized spacial score (nSPS) is 11.8. The monoisotopic (exact) mass is 177 g/mol. The highest BCUT2D eigenvalue weighted by Gasteiger charge is 1.87. The van der Waals surface area contributed by atoms with Crippen molar-refractivity contribution in [2.45, 2.75) is 20.0 Å². The highest BCUT2D eigenvalue weighted by Crippen LogP contribution is 2.05. The topological polar surface area (TPSA) is 32.3 Å². The Labute approximate surface area is 78.5 Å². The molecule has 0 saturated heterocycles. The van der Waals surface area contributed by atoms with Gasteiger partial charge in [0, 0.05) is 0 Å². The maximum atomic E-state index is 11.1. The van der Waals surface area contributed by atoms with Gasteiger partial charge < -0.3 is 9.84 Å². The van der Waals surface area contributed by atoms with E-state index in [0.29, 0.717) is 0 Å². The maximum Gasteiger partial charge on any atom is 0.0520 e. The van der Waals surface area contributed by atoms with E-state index in [-0.39, 0.29) is 12.0 Å². The van der Waals surface area contributed by atoms with Gasteiger partial charge in [0.1, 0.15) is 0 Å². The van der Waals surface area contributed by atoms with Crippen LogP contribution in [-0.2, 0) is 4.74 Å². The second-order valence-corrected chi connectivity index (χ2v) is 3.04. The summed E-state index contributed by atoms with van der Waals surface area (Å²) in [4.78, 5) is 0. The molecule has 0 radical (unpaired) electrons. The zero-order valence-corrected chi connectivity index (χ0v) is 7.86. The molecular weight excluding hydrogens is 164 g/mol. The number of ether oxygens (including phenoxy) is 1. The van der Waals surface area contributed by atoms with Crippen LogP contribution in [0.4, 0.5) is 0 Å². The first-order valence-corrected chi connectivity index (χ1v) is 4.29. The van der Waals surface area contributed by atoms with Crippen LogP contribution in [0.5, 0.6) is 0 Å². The van der Waals surface area contributed by atoms with Gasteiger partial charge in [0.15, 0.2) is 0 Å². The molecule has 0 aromatic heterocycles. The van der Waals surface area contributed by atoms with Gasteiger partial charge in [-0.15, -0.1) is 0 Å². The van der Waals surface area contributed by atoms with E-state index in [2.05, 4.69) is 0 Å². The van der Waals surface area contributed by atoms with Crippen molar-refractivity contribution >= 4 is 6.08 Å². The lowest BCUT2D eigenvalue weighted by Gasteiger charge is -2.19. The van der Waals surface area contributed by atoms with Crippen molar-refractivity contribution in [2.75, 3.05) is 0 Å². The third-order valence-electron chi connectivity index (χ3n) is 1.44. The minimum Gasteiger partial charge on any atom is -0.611 e. The molecule has 13 heavy (non-hydrogen) atoms. The fraction of sp³-hybridized carbons (Fsp3) is 0.273. The lowest BCUT2D eigenvalue weighted by Crippen LogP contribution is -2.12. The van der Waals surface area contributed by atoms with Crippen molar-refractivity contribution in [1.29, 1.82) is 0 Å². The number of hydrogen-bond acceptors (Lipinski definition) is 2. The predicted molar refractivity (Wildman–Crippen MR) is 50.6 cm³/mol. The molecule has 0 atom stereocenters. The summed E-state index contributed by atoms with van der Waals surface area (Å²) in [5, 5.41) is 11.1. The molecule has 70 valence electrons. The Morgan fingerprint density at radius 3 is 2.46 bits per heavy atom. The van der Waals surface area contributed by atoms with Crippen molar-refractivity contribution in [1.82, 2.24) is 0 Å². The summed E-state index contributed by atoms with van der Waals surface area (Å²) in [6, 6.07) is 9.40. The Bertz CT molecular complexity index is 275. The molecule has 0 saturated carbocycles. The van der Waals surface area contributed by atoms with Crippen molar-refractivity contribution in [2.24, 2.45) is 0 Å². The molecule has 1 rings (SSSR count). The summed E-state index contributed by atoms with van der Waals surface area (Å²) in [7, 11) is 0. The Balaban J connectivity index is 2.66. The first kappa shape index (κ1) is 9.65. The summed E-state index contributed by atoms with van der Waals surface area (Å²) in [5.74, 6) is -0.291. The van der Waals surface area contributed by atoms with E-state index in [4.69, 9.17) is 4.74 Å². The molecule has 0 bridgehead atoms. The third kappa shape index (κ3) is 3.65. The Morgan fingerprint density at radius 2 is 1.92 bits per heavy atom. The van der Waals surface area contributed by atoms with Crippen molar-refractivity contribution in [3.8, 4) is 0 Å². The standard InChI is InChI=1S/C11H14O2/c1-9(2)13-11(12)8-10-6-4-3-5-7-10/h3-9,12H,1-2H3/p-1/b11-8-. The van der Waals surface area contributed by atoms with Gasteiger partial charge in [-0.1, -0.05) is 44.2 Å². The van der Waals surface area contributed by atoms with E-state index < -0.39 is 0 Å². The first-order chi connectivity index (χ1) is 6.18. The summed E-state index contributed by atoms with van der Waals surface area (Å²) < 4.78 is 4.96. The average Bonchev–Trinajstić information content (AvgIpc) is 2.04. The van der Waals surface area contributed by atoms with Crippen LogP contribution in [0.1, 0.15) is 19.4 Å². The number of rotatable bonds is 3. The van der Waals surface area contributed by atoms with Crippen LogP contribution in [0.25, 0.3) is 6.08 Å². The van der Waals surface area contributed by atoms with Crippen LogP contribution in [0.2, 0.25) is 0 Å². The predicted octanol–water partition coefficient (Wildman–Crippen LogP) is 1.77. The molecule has 0 aliphatic rings. The van der Waals surface area contributed by atoms with E-state index >= 15 is 0 Å². The molecular formula is C11H13O2-. The average molecular weight is 177 g/mol. The molecule has 0 unspecified atom stereocenters. The summed E-state index contributed by atoms with van der Waals surface area (Å²) in [6.07, 6.45) is 1.42. The molecule has 0 aliphatic carbocycles. The highest BCUT2D eigenvalue weighted by molar-refractivity contribution is 5.48. The molecule has 0 aliphatic heterocycles. The van der Waals surface area contributed by atoms with Crippen molar-refractivity contribution in [3.05, 3.63) is 41.8 Å². The summed E-state index contributed by atoms with van der Waals surface area (Å²) >= 11 is 0. The van der Waals surface area contributed by atoms with E-state index in [1.807, 2.05) is 44.2 Å². The fourth-order valence-electron chi connectivity index (χ4n) is 0.952. The van der Waals surface area contributed by atoms with E-state index in [0.717, 1.165) is 5.56 Å². The summed E-state index contributed by atoms with van der Waals surface area (Å²) in [6.45, 7) is 3.66. The maximum absolute atomic E-state index is 11.1. The smallest absolute Gasteiger partial charge is 0.0520 e. The molecule has 1 aromatic carbocycles. The van der Waals surface area contributed by atoms with Crippen LogP contribution >= 0.6 is 0 Å². The molecule has 1 aromatic rings. The van der Waals surface area contributed by atoms with Gasteiger partial charge in [-0.2, -0.15) is 0 Å². The van der Waals surface area contributed by atoms with E-state index in [1.54, 1.807) is 0 Å². The van der Waals surface area contributed by atoms with Crippen LogP contribution in [0, 0.1) is 0 Å². The van der Waals surface area contributed by atoms with Gasteiger partial charge in [-0.25, -0.2) is 0 Å². The van der Waals surface area contributed by atoms with Crippen molar-refractivity contribution in [3.63, 3.8) is 0 Å². The largest absolute Gasteiger partial charge is 0.611 e. The van der Waals surface area contributed by atoms with Crippen LogP contribution in [0.3, 0.4) is 0 Å². The van der Waals surface area contributed by atoms with Gasteiger partial charge in [0.05, 0.1) is 5.95 Å². The number of hydrogen-bond donors (Lipinski definition) is 0. The zero-order chi connectivity index (χ0) is 9.68. The SMILES string of the molecule is CC(C)O/C([O-])=C\c1ccccc1. The molecule has 0 amide bonds. The van der Waals surface area contributed by atoms with Gasteiger partial charge in [0.25, 0.3) is 0 Å². The minimum absolute atomic E-state index is 0.0625. The van der Waals surface area contributed by atoms with Crippen molar-refractivity contribution < 1.29 is 9.84 Å². The Kier molecular flexibility index (Phi) is 3.38. The molecule has 2 heteroatoms. The quantitative estimate of drug-likeness (QED) is 0.659. The minimum atomic E-state index is -0.291. The highest BCUT2D eigenvalue weighted by atomic mass is 16.6. The van der Waals surface area contributed by atoms with Gasteiger partial charge in [-0.05, 0) is 17.7 Å². The van der Waals surface area contributed by atoms with E-state index in [1.165, 1.54) is 6.08 Å².